The first-order valence-electron chi connectivity index (χ1n) is 5.85. The molecule has 1 aromatic heterocycles. The number of hydrogen-bond donors (Lipinski definition) is 1. The maximum atomic E-state index is 8.87. The molecule has 2 heterocycles. The highest BCUT2D eigenvalue weighted by atomic mass is 32.1. The predicted molar refractivity (Wildman–Crippen MR) is 67.8 cm³/mol. The summed E-state index contributed by atoms with van der Waals surface area (Å²) >= 11 is 1.66. The van der Waals surface area contributed by atoms with Crippen LogP contribution in [0.2, 0.25) is 0 Å². The van der Waals surface area contributed by atoms with Crippen molar-refractivity contribution >= 4 is 11.3 Å². The summed E-state index contributed by atoms with van der Waals surface area (Å²) in [6.45, 7) is 6.11. The van der Waals surface area contributed by atoms with Crippen LogP contribution < -0.4 is 0 Å². The number of nitrogens with zero attached hydrogens (tertiary/aromatic N) is 3. The molecule has 5 heteroatoms. The van der Waals surface area contributed by atoms with Gasteiger partial charge in [0.1, 0.15) is 6.07 Å². The molecule has 1 saturated heterocycles. The summed E-state index contributed by atoms with van der Waals surface area (Å²) in [5.41, 5.74) is 0.768. The van der Waals surface area contributed by atoms with E-state index in [0.717, 1.165) is 44.8 Å². The molecule has 17 heavy (non-hydrogen) atoms. The van der Waals surface area contributed by atoms with Gasteiger partial charge in [-0.3, -0.25) is 9.80 Å². The average Bonchev–Trinajstić information content (AvgIpc) is 2.80. The molecule has 92 valence electrons. The van der Waals surface area contributed by atoms with E-state index < -0.39 is 0 Å². The molecule has 1 fully saturated rings. The molecule has 0 aromatic carbocycles. The first-order chi connectivity index (χ1) is 8.31. The third-order valence-electron chi connectivity index (χ3n) is 3.04. The molecule has 0 saturated carbocycles. The third kappa shape index (κ3) is 3.51. The van der Waals surface area contributed by atoms with Crippen molar-refractivity contribution < 1.29 is 5.11 Å². The maximum Gasteiger partial charge on any atom is 0.100 e. The zero-order valence-corrected chi connectivity index (χ0v) is 10.6. The van der Waals surface area contributed by atoms with Gasteiger partial charge in [-0.15, -0.1) is 11.3 Å². The van der Waals surface area contributed by atoms with Gasteiger partial charge in [0.25, 0.3) is 0 Å². The standard InChI is InChI=1S/C12H17N3OS/c13-8-11-7-12(17-10-11)9-15-3-1-14(2-4-15)5-6-16/h7,10,16H,1-6,9H2. The van der Waals surface area contributed by atoms with Crippen LogP contribution >= 0.6 is 11.3 Å². The first-order valence-corrected chi connectivity index (χ1v) is 6.73. The average molecular weight is 251 g/mol. The fourth-order valence-electron chi connectivity index (χ4n) is 2.06. The summed E-state index contributed by atoms with van der Waals surface area (Å²) in [5, 5.41) is 19.5. The van der Waals surface area contributed by atoms with E-state index in [1.54, 1.807) is 11.3 Å². The van der Waals surface area contributed by atoms with Crippen molar-refractivity contribution in [2.75, 3.05) is 39.3 Å². The summed E-state index contributed by atoms with van der Waals surface area (Å²) in [6, 6.07) is 4.14. The minimum absolute atomic E-state index is 0.246. The molecule has 1 aromatic rings. The third-order valence-corrected chi connectivity index (χ3v) is 3.96. The molecule has 1 aliphatic heterocycles. The molecule has 0 unspecified atom stereocenters. The largest absolute Gasteiger partial charge is 0.395 e. The highest BCUT2D eigenvalue weighted by Crippen LogP contribution is 2.17. The summed E-state index contributed by atoms with van der Waals surface area (Å²) in [6.07, 6.45) is 0. The van der Waals surface area contributed by atoms with E-state index in [4.69, 9.17) is 10.4 Å². The van der Waals surface area contributed by atoms with Gasteiger partial charge in [-0.1, -0.05) is 0 Å². The lowest BCUT2D eigenvalue weighted by molar-refractivity contribution is 0.109. The normalized spacial score (nSPS) is 18.1. The lowest BCUT2D eigenvalue weighted by atomic mass is 10.3. The Bertz CT molecular complexity index is 391. The lowest BCUT2D eigenvalue weighted by Crippen LogP contribution is -2.46. The monoisotopic (exact) mass is 251 g/mol. The van der Waals surface area contributed by atoms with Gasteiger partial charge in [0.2, 0.25) is 0 Å². The van der Waals surface area contributed by atoms with E-state index in [-0.39, 0.29) is 6.61 Å². The Labute approximate surface area is 106 Å². The second kappa shape index (κ2) is 6.12. The number of β-amino-alcohol motifs (C(OH)–C–C–N with tert-alkyl or cyclic N) is 1. The molecule has 0 amide bonds. The van der Waals surface area contributed by atoms with E-state index in [1.807, 2.05) is 11.4 Å². The minimum Gasteiger partial charge on any atom is -0.395 e. The smallest absolute Gasteiger partial charge is 0.100 e. The van der Waals surface area contributed by atoms with Crippen molar-refractivity contribution in [1.82, 2.24) is 9.80 Å². The fraction of sp³-hybridized carbons (Fsp3) is 0.583. The van der Waals surface area contributed by atoms with Crippen molar-refractivity contribution in [3.63, 3.8) is 0 Å². The Balaban J connectivity index is 1.80. The number of thiophene rings is 1. The van der Waals surface area contributed by atoms with E-state index >= 15 is 0 Å². The van der Waals surface area contributed by atoms with Gasteiger partial charge in [-0.2, -0.15) is 5.26 Å². The number of nitriles is 1. The maximum absolute atomic E-state index is 8.87. The molecular formula is C12H17N3OS. The zero-order valence-electron chi connectivity index (χ0n) is 9.80. The minimum atomic E-state index is 0.246. The summed E-state index contributed by atoms with van der Waals surface area (Å²) in [7, 11) is 0. The first kappa shape index (κ1) is 12.5. The molecule has 0 bridgehead atoms. The van der Waals surface area contributed by atoms with Crippen LogP contribution in [0.5, 0.6) is 0 Å². The van der Waals surface area contributed by atoms with E-state index in [2.05, 4.69) is 15.9 Å². The summed E-state index contributed by atoms with van der Waals surface area (Å²) < 4.78 is 0. The Hall–Kier alpha value is -0.930. The highest BCUT2D eigenvalue weighted by Gasteiger charge is 2.16. The van der Waals surface area contributed by atoms with Crippen LogP contribution in [0.25, 0.3) is 0 Å². The van der Waals surface area contributed by atoms with Crippen molar-refractivity contribution in [3.8, 4) is 6.07 Å². The van der Waals surface area contributed by atoms with Gasteiger partial charge >= 0.3 is 0 Å². The predicted octanol–water partition coefficient (Wildman–Crippen LogP) is 0.730. The number of piperazine rings is 1. The molecular weight excluding hydrogens is 234 g/mol. The summed E-state index contributed by atoms with van der Waals surface area (Å²) in [5.74, 6) is 0. The number of hydrogen-bond acceptors (Lipinski definition) is 5. The second-order valence-corrected chi connectivity index (χ2v) is 5.25. The van der Waals surface area contributed by atoms with Gasteiger partial charge in [0.05, 0.1) is 12.2 Å². The molecule has 1 N–H and O–H groups in total. The SMILES string of the molecule is N#Cc1csc(CN2CCN(CCO)CC2)c1. The van der Waals surface area contributed by atoms with Crippen LogP contribution in [0.3, 0.4) is 0 Å². The molecule has 0 aliphatic carbocycles. The molecule has 0 radical (unpaired) electrons. The fourth-order valence-corrected chi connectivity index (χ4v) is 2.91. The van der Waals surface area contributed by atoms with Gasteiger partial charge in [0, 0.05) is 49.5 Å². The Morgan fingerprint density at radius 1 is 1.29 bits per heavy atom. The van der Waals surface area contributed by atoms with Crippen LogP contribution in [0.15, 0.2) is 11.4 Å². The Morgan fingerprint density at radius 3 is 2.59 bits per heavy atom. The van der Waals surface area contributed by atoms with E-state index in [0.29, 0.717) is 0 Å². The number of aliphatic hydroxyl groups is 1. The summed E-state index contributed by atoms with van der Waals surface area (Å²) in [4.78, 5) is 5.95. The van der Waals surface area contributed by atoms with Crippen LogP contribution in [-0.4, -0.2) is 54.2 Å². The number of rotatable bonds is 4. The molecule has 0 spiro atoms. The lowest BCUT2D eigenvalue weighted by Gasteiger charge is -2.34. The molecule has 0 atom stereocenters. The van der Waals surface area contributed by atoms with Crippen LogP contribution in [0, 0.1) is 11.3 Å². The second-order valence-electron chi connectivity index (χ2n) is 4.25. The Kier molecular flexibility index (Phi) is 4.51. The van der Waals surface area contributed by atoms with E-state index in [9.17, 15) is 0 Å². The molecule has 1 aliphatic rings. The van der Waals surface area contributed by atoms with Crippen LogP contribution in [-0.2, 0) is 6.54 Å². The van der Waals surface area contributed by atoms with Gasteiger partial charge in [-0.25, -0.2) is 0 Å². The van der Waals surface area contributed by atoms with Gasteiger partial charge in [0.15, 0.2) is 0 Å². The quantitative estimate of drug-likeness (QED) is 0.857. The zero-order chi connectivity index (χ0) is 12.1. The van der Waals surface area contributed by atoms with Crippen molar-refractivity contribution in [2.24, 2.45) is 0 Å². The Morgan fingerprint density at radius 2 is 2.00 bits per heavy atom. The van der Waals surface area contributed by atoms with Crippen LogP contribution in [0.4, 0.5) is 0 Å². The molecule has 2 rings (SSSR count). The van der Waals surface area contributed by atoms with E-state index in [1.165, 1.54) is 4.88 Å². The van der Waals surface area contributed by atoms with Crippen molar-refractivity contribution in [3.05, 3.63) is 21.9 Å². The van der Waals surface area contributed by atoms with Crippen molar-refractivity contribution in [1.29, 1.82) is 5.26 Å². The van der Waals surface area contributed by atoms with Gasteiger partial charge in [-0.05, 0) is 6.07 Å². The topological polar surface area (TPSA) is 50.5 Å². The molecule has 4 nitrogen and oxygen atoms in total. The highest BCUT2D eigenvalue weighted by molar-refractivity contribution is 7.10. The number of aliphatic hydroxyl groups excluding tert-OH is 1. The van der Waals surface area contributed by atoms with Crippen molar-refractivity contribution in [2.45, 2.75) is 6.54 Å². The van der Waals surface area contributed by atoms with Gasteiger partial charge < -0.3 is 5.11 Å². The van der Waals surface area contributed by atoms with Crippen LogP contribution in [0.1, 0.15) is 10.4 Å².